The minimum Gasteiger partial charge on any atom is -0.399 e. The van der Waals surface area contributed by atoms with Crippen LogP contribution in [-0.4, -0.2) is 63.8 Å². The maximum atomic E-state index is 11.6. The van der Waals surface area contributed by atoms with Crippen LogP contribution in [0.4, 0.5) is 0 Å². The number of hydrogen-bond acceptors (Lipinski definition) is 6. The van der Waals surface area contributed by atoms with Gasteiger partial charge in [-0.1, -0.05) is 11.8 Å². The number of amides is 1. The van der Waals surface area contributed by atoms with Gasteiger partial charge in [0.2, 0.25) is 5.91 Å². The Hall–Kier alpha value is -0.825. The predicted octanol–water partition coefficient (Wildman–Crippen LogP) is 2.35. The van der Waals surface area contributed by atoms with Crippen LogP contribution in [-0.2, 0) is 14.1 Å². The Morgan fingerprint density at radius 1 is 1.22 bits per heavy atom. The Labute approximate surface area is 170 Å². The fourth-order valence-electron chi connectivity index (χ4n) is 3.13. The molecule has 2 fully saturated rings. The second-order valence-electron chi connectivity index (χ2n) is 8.16. The molecule has 1 aromatic rings. The Morgan fingerprint density at radius 2 is 1.78 bits per heavy atom. The lowest BCUT2D eigenvalue weighted by Crippen LogP contribution is -2.41. The Balaban J connectivity index is 1.49. The van der Waals surface area contributed by atoms with Crippen molar-refractivity contribution in [1.29, 1.82) is 0 Å². The van der Waals surface area contributed by atoms with Crippen LogP contribution in [0.5, 0.6) is 0 Å². The van der Waals surface area contributed by atoms with Gasteiger partial charge in [-0.25, -0.2) is 9.97 Å². The number of carbonyl (C=O) groups excluding carboxylic acids is 1. The molecule has 0 N–H and O–H groups in total. The molecule has 148 valence electrons. The van der Waals surface area contributed by atoms with Gasteiger partial charge in [0.1, 0.15) is 5.88 Å². The molecular weight excluding hydrogens is 385 g/mol. The molecule has 27 heavy (non-hydrogen) atoms. The van der Waals surface area contributed by atoms with E-state index in [2.05, 4.69) is 9.97 Å². The molecule has 6 nitrogen and oxygen atoms in total. The molecule has 0 saturated carbocycles. The molecule has 0 radical (unpaired) electrons. The van der Waals surface area contributed by atoms with Crippen molar-refractivity contribution in [1.82, 2.24) is 14.9 Å². The first-order valence-electron chi connectivity index (χ1n) is 9.36. The highest BCUT2D eigenvalue weighted by molar-refractivity contribution is 7.99. The highest BCUT2D eigenvalue weighted by atomic mass is 35.5. The molecule has 0 aromatic carbocycles. The highest BCUT2D eigenvalue weighted by Crippen LogP contribution is 2.36. The number of carbonyl (C=O) groups is 1. The third-order valence-electron chi connectivity index (χ3n) is 5.70. The van der Waals surface area contributed by atoms with Gasteiger partial charge in [0, 0.05) is 36.7 Å². The van der Waals surface area contributed by atoms with Crippen molar-refractivity contribution < 1.29 is 14.1 Å². The maximum absolute atomic E-state index is 11.6. The summed E-state index contributed by atoms with van der Waals surface area (Å²) >= 11 is 7.28. The first-order chi connectivity index (χ1) is 12.7. The zero-order valence-electron chi connectivity index (χ0n) is 16.4. The molecule has 2 aliphatic rings. The van der Waals surface area contributed by atoms with Crippen LogP contribution >= 0.6 is 23.4 Å². The maximum Gasteiger partial charge on any atom is 0.498 e. The van der Waals surface area contributed by atoms with Gasteiger partial charge >= 0.3 is 7.12 Å². The smallest absolute Gasteiger partial charge is 0.399 e. The van der Waals surface area contributed by atoms with E-state index in [1.54, 1.807) is 24.2 Å². The van der Waals surface area contributed by atoms with Crippen molar-refractivity contribution >= 4 is 41.9 Å². The van der Waals surface area contributed by atoms with E-state index in [-0.39, 0.29) is 23.0 Å². The lowest BCUT2D eigenvalue weighted by atomic mass is 9.81. The molecule has 1 amide bonds. The van der Waals surface area contributed by atoms with Crippen LogP contribution in [0.3, 0.4) is 0 Å². The van der Waals surface area contributed by atoms with E-state index in [0.717, 1.165) is 42.3 Å². The van der Waals surface area contributed by atoms with E-state index < -0.39 is 7.12 Å². The molecule has 3 heterocycles. The monoisotopic (exact) mass is 411 g/mol. The summed E-state index contributed by atoms with van der Waals surface area (Å²) in [6.45, 7) is 9.71. The summed E-state index contributed by atoms with van der Waals surface area (Å²) in [6.07, 6.45) is 5.59. The number of nitrogens with zero attached hydrogens (tertiary/aromatic N) is 3. The van der Waals surface area contributed by atoms with Gasteiger partial charge in [-0.3, -0.25) is 4.79 Å². The average Bonchev–Trinajstić information content (AvgIpc) is 2.87. The van der Waals surface area contributed by atoms with Crippen LogP contribution in [0.2, 0.25) is 0 Å². The SMILES string of the molecule is CC1(C)OB(c2cnc(SCC3CCN(C(=O)CCl)CC3)nc2)OC1(C)C. The zero-order valence-corrected chi connectivity index (χ0v) is 18.0. The van der Waals surface area contributed by atoms with E-state index >= 15 is 0 Å². The molecule has 0 atom stereocenters. The number of hydrogen-bond donors (Lipinski definition) is 0. The third-order valence-corrected chi connectivity index (χ3v) is 7.04. The Kier molecular flexibility index (Phi) is 6.40. The summed E-state index contributed by atoms with van der Waals surface area (Å²) < 4.78 is 12.1. The van der Waals surface area contributed by atoms with Crippen molar-refractivity contribution in [2.45, 2.75) is 56.9 Å². The normalized spacial score (nSPS) is 22.3. The quantitative estimate of drug-likeness (QED) is 0.321. The molecule has 2 aliphatic heterocycles. The molecule has 0 unspecified atom stereocenters. The predicted molar refractivity (Wildman–Crippen MR) is 108 cm³/mol. The lowest BCUT2D eigenvalue weighted by molar-refractivity contribution is -0.129. The van der Waals surface area contributed by atoms with Gasteiger partial charge < -0.3 is 14.2 Å². The van der Waals surface area contributed by atoms with Gasteiger partial charge in [-0.05, 0) is 46.5 Å². The Bertz CT molecular complexity index is 650. The number of likely N-dealkylation sites (tertiary alicyclic amines) is 1. The number of aromatic nitrogens is 2. The van der Waals surface area contributed by atoms with Crippen LogP contribution in [0.15, 0.2) is 17.6 Å². The van der Waals surface area contributed by atoms with Crippen molar-refractivity contribution in [3.05, 3.63) is 12.4 Å². The summed E-state index contributed by atoms with van der Waals surface area (Å²) in [6, 6.07) is 0. The van der Waals surface area contributed by atoms with Crippen molar-refractivity contribution in [3.8, 4) is 0 Å². The average molecular weight is 412 g/mol. The second-order valence-corrected chi connectivity index (χ2v) is 9.41. The molecule has 9 heteroatoms. The number of alkyl halides is 1. The summed E-state index contributed by atoms with van der Waals surface area (Å²) in [5.74, 6) is 1.63. The topological polar surface area (TPSA) is 64.5 Å². The number of piperidine rings is 1. The van der Waals surface area contributed by atoms with E-state index in [0.29, 0.717) is 5.92 Å². The van der Waals surface area contributed by atoms with Gasteiger partial charge in [-0.15, -0.1) is 11.6 Å². The molecular formula is C18H27BClN3O3S. The van der Waals surface area contributed by atoms with E-state index in [1.807, 2.05) is 32.6 Å². The zero-order chi connectivity index (χ0) is 19.7. The van der Waals surface area contributed by atoms with Crippen LogP contribution < -0.4 is 5.46 Å². The first kappa shape index (κ1) is 20.9. The highest BCUT2D eigenvalue weighted by Gasteiger charge is 2.51. The van der Waals surface area contributed by atoms with Gasteiger partial charge in [0.05, 0.1) is 11.2 Å². The molecule has 1 aromatic heterocycles. The molecule has 3 rings (SSSR count). The number of rotatable bonds is 5. The van der Waals surface area contributed by atoms with Gasteiger partial charge in [0.15, 0.2) is 5.16 Å². The summed E-state index contributed by atoms with van der Waals surface area (Å²) in [7, 11) is -0.433. The number of thioether (sulfide) groups is 1. The Morgan fingerprint density at radius 3 is 2.30 bits per heavy atom. The van der Waals surface area contributed by atoms with Crippen LogP contribution in [0, 0.1) is 5.92 Å². The molecule has 2 saturated heterocycles. The number of halogens is 1. The molecule has 0 spiro atoms. The minimum atomic E-state index is -0.433. The second kappa shape index (κ2) is 8.27. The fourth-order valence-corrected chi connectivity index (χ4v) is 4.27. The molecule has 0 bridgehead atoms. The van der Waals surface area contributed by atoms with Gasteiger partial charge in [-0.2, -0.15) is 0 Å². The van der Waals surface area contributed by atoms with Gasteiger partial charge in [0.25, 0.3) is 0 Å². The van der Waals surface area contributed by atoms with E-state index in [9.17, 15) is 4.79 Å². The largest absolute Gasteiger partial charge is 0.498 e. The summed E-state index contributed by atoms with van der Waals surface area (Å²) in [4.78, 5) is 22.4. The third kappa shape index (κ3) is 4.78. The van der Waals surface area contributed by atoms with E-state index in [4.69, 9.17) is 20.9 Å². The summed E-state index contributed by atoms with van der Waals surface area (Å²) in [5.41, 5.74) is 0.0983. The summed E-state index contributed by atoms with van der Waals surface area (Å²) in [5, 5.41) is 0.759. The molecule has 0 aliphatic carbocycles. The van der Waals surface area contributed by atoms with Crippen LogP contribution in [0.25, 0.3) is 0 Å². The first-order valence-corrected chi connectivity index (χ1v) is 10.9. The minimum absolute atomic E-state index is 0.0318. The fraction of sp³-hybridized carbons (Fsp3) is 0.722. The van der Waals surface area contributed by atoms with Crippen LogP contribution in [0.1, 0.15) is 40.5 Å². The van der Waals surface area contributed by atoms with E-state index in [1.165, 1.54) is 0 Å². The standard InChI is InChI=1S/C18H27BClN3O3S/c1-17(2)18(3,4)26-19(25-17)14-10-21-16(22-11-14)27-12-13-5-7-23(8-6-13)15(24)9-20/h10-11,13H,5-9,12H2,1-4H3. The van der Waals surface area contributed by atoms with Crippen molar-refractivity contribution in [2.24, 2.45) is 5.92 Å². The van der Waals surface area contributed by atoms with Crippen molar-refractivity contribution in [2.75, 3.05) is 24.7 Å². The lowest BCUT2D eigenvalue weighted by Gasteiger charge is -2.32. The van der Waals surface area contributed by atoms with Crippen molar-refractivity contribution in [3.63, 3.8) is 0 Å².